The summed E-state index contributed by atoms with van der Waals surface area (Å²) in [6, 6.07) is 5.47. The highest BCUT2D eigenvalue weighted by molar-refractivity contribution is 14.1. The SMILES string of the molecule is COCC(CCO)NC(=O)c1cccc(C)c1I. The number of aliphatic hydroxyl groups is 1. The van der Waals surface area contributed by atoms with Crippen molar-refractivity contribution >= 4 is 28.5 Å². The molecule has 0 saturated heterocycles. The minimum Gasteiger partial charge on any atom is -0.396 e. The maximum absolute atomic E-state index is 12.1. The van der Waals surface area contributed by atoms with Crippen LogP contribution in [-0.4, -0.2) is 37.4 Å². The van der Waals surface area contributed by atoms with Crippen LogP contribution in [-0.2, 0) is 4.74 Å². The van der Waals surface area contributed by atoms with Crippen molar-refractivity contribution in [3.63, 3.8) is 0 Å². The number of aliphatic hydroxyl groups excluding tert-OH is 1. The number of benzene rings is 1. The summed E-state index contributed by atoms with van der Waals surface area (Å²) in [6.07, 6.45) is 0.488. The van der Waals surface area contributed by atoms with Crippen LogP contribution in [0.3, 0.4) is 0 Å². The van der Waals surface area contributed by atoms with Crippen LogP contribution in [0, 0.1) is 10.5 Å². The monoisotopic (exact) mass is 363 g/mol. The number of carbonyl (C=O) groups is 1. The van der Waals surface area contributed by atoms with Crippen molar-refractivity contribution in [3.8, 4) is 0 Å². The van der Waals surface area contributed by atoms with E-state index in [-0.39, 0.29) is 18.6 Å². The van der Waals surface area contributed by atoms with E-state index in [0.29, 0.717) is 18.6 Å². The Morgan fingerprint density at radius 3 is 2.89 bits per heavy atom. The fraction of sp³-hybridized carbons (Fsp3) is 0.462. The fourth-order valence-corrected chi connectivity index (χ4v) is 2.24. The molecule has 0 fully saturated rings. The van der Waals surface area contributed by atoms with E-state index < -0.39 is 0 Å². The van der Waals surface area contributed by atoms with Gasteiger partial charge in [-0.3, -0.25) is 4.79 Å². The van der Waals surface area contributed by atoms with Gasteiger partial charge in [-0.1, -0.05) is 12.1 Å². The molecule has 0 saturated carbocycles. The van der Waals surface area contributed by atoms with Crippen molar-refractivity contribution in [2.75, 3.05) is 20.3 Å². The molecule has 5 heteroatoms. The lowest BCUT2D eigenvalue weighted by atomic mass is 10.1. The molecule has 0 aliphatic rings. The van der Waals surface area contributed by atoms with Crippen molar-refractivity contribution in [2.45, 2.75) is 19.4 Å². The molecule has 1 amide bonds. The van der Waals surface area contributed by atoms with E-state index in [9.17, 15) is 4.79 Å². The first-order valence-corrected chi connectivity index (χ1v) is 6.83. The number of hydrogen-bond donors (Lipinski definition) is 2. The lowest BCUT2D eigenvalue weighted by molar-refractivity contribution is 0.0877. The summed E-state index contributed by atoms with van der Waals surface area (Å²) in [4.78, 5) is 12.1. The molecule has 0 aromatic heterocycles. The van der Waals surface area contributed by atoms with E-state index in [2.05, 4.69) is 27.9 Å². The predicted molar refractivity (Wildman–Crippen MR) is 78.7 cm³/mol. The Bertz CT molecular complexity index is 403. The summed E-state index contributed by atoms with van der Waals surface area (Å²) in [5.41, 5.74) is 1.74. The zero-order chi connectivity index (χ0) is 13.5. The summed E-state index contributed by atoms with van der Waals surface area (Å²) in [5.74, 6) is -0.126. The van der Waals surface area contributed by atoms with Gasteiger partial charge in [-0.25, -0.2) is 0 Å². The van der Waals surface area contributed by atoms with Crippen LogP contribution in [0.15, 0.2) is 18.2 Å². The normalized spacial score (nSPS) is 12.2. The molecule has 100 valence electrons. The third kappa shape index (κ3) is 4.22. The second kappa shape index (κ2) is 7.70. The Labute approximate surface area is 121 Å². The van der Waals surface area contributed by atoms with Crippen molar-refractivity contribution in [2.24, 2.45) is 0 Å². The van der Waals surface area contributed by atoms with Crippen LogP contribution in [0.2, 0.25) is 0 Å². The van der Waals surface area contributed by atoms with Gasteiger partial charge in [-0.05, 0) is 47.6 Å². The number of amides is 1. The number of nitrogens with one attached hydrogen (secondary N) is 1. The van der Waals surface area contributed by atoms with E-state index in [1.165, 1.54) is 0 Å². The molecule has 18 heavy (non-hydrogen) atoms. The van der Waals surface area contributed by atoms with Crippen molar-refractivity contribution in [1.82, 2.24) is 5.32 Å². The summed E-state index contributed by atoms with van der Waals surface area (Å²) in [7, 11) is 1.58. The Morgan fingerprint density at radius 1 is 1.56 bits per heavy atom. The topological polar surface area (TPSA) is 58.6 Å². The summed E-state index contributed by atoms with van der Waals surface area (Å²) >= 11 is 2.17. The van der Waals surface area contributed by atoms with E-state index in [1.54, 1.807) is 13.2 Å². The summed E-state index contributed by atoms with van der Waals surface area (Å²) < 4.78 is 5.97. The molecule has 1 rings (SSSR count). The van der Waals surface area contributed by atoms with Crippen LogP contribution in [0.4, 0.5) is 0 Å². The van der Waals surface area contributed by atoms with Gasteiger partial charge < -0.3 is 15.2 Å². The minimum absolute atomic E-state index is 0.0270. The largest absolute Gasteiger partial charge is 0.396 e. The Hall–Kier alpha value is -0.660. The van der Waals surface area contributed by atoms with Gasteiger partial charge in [0.25, 0.3) is 5.91 Å². The Balaban J connectivity index is 2.77. The molecule has 0 aliphatic heterocycles. The standard InChI is InChI=1S/C13H18INO3/c1-9-4-3-5-11(12(9)14)13(17)15-10(6-7-16)8-18-2/h3-5,10,16H,6-8H2,1-2H3,(H,15,17). The van der Waals surface area contributed by atoms with Gasteiger partial charge in [-0.2, -0.15) is 0 Å². The first-order valence-electron chi connectivity index (χ1n) is 5.76. The highest BCUT2D eigenvalue weighted by atomic mass is 127. The van der Waals surface area contributed by atoms with Gasteiger partial charge in [0.05, 0.1) is 18.2 Å². The second-order valence-corrected chi connectivity index (χ2v) is 5.15. The third-order valence-corrected chi connectivity index (χ3v) is 4.05. The number of hydrogen-bond acceptors (Lipinski definition) is 3. The second-order valence-electron chi connectivity index (χ2n) is 4.07. The molecule has 1 aromatic carbocycles. The van der Waals surface area contributed by atoms with Gasteiger partial charge in [0, 0.05) is 17.3 Å². The Morgan fingerprint density at radius 2 is 2.28 bits per heavy atom. The minimum atomic E-state index is -0.163. The number of ether oxygens (including phenoxy) is 1. The van der Waals surface area contributed by atoms with Gasteiger partial charge >= 0.3 is 0 Å². The summed E-state index contributed by atoms with van der Waals surface area (Å²) in [5, 5.41) is 11.8. The van der Waals surface area contributed by atoms with E-state index in [0.717, 1.165) is 9.13 Å². The van der Waals surface area contributed by atoms with Gasteiger partial charge in [0.2, 0.25) is 0 Å². The highest BCUT2D eigenvalue weighted by Gasteiger charge is 2.16. The van der Waals surface area contributed by atoms with Crippen molar-refractivity contribution in [1.29, 1.82) is 0 Å². The first kappa shape index (κ1) is 15.4. The van der Waals surface area contributed by atoms with Crippen LogP contribution in [0.25, 0.3) is 0 Å². The van der Waals surface area contributed by atoms with E-state index in [4.69, 9.17) is 9.84 Å². The number of halogens is 1. The van der Waals surface area contributed by atoms with Gasteiger partial charge in [-0.15, -0.1) is 0 Å². The predicted octanol–water partition coefficient (Wildman–Crippen LogP) is 1.73. The lowest BCUT2D eigenvalue weighted by Gasteiger charge is -2.17. The maximum Gasteiger partial charge on any atom is 0.252 e. The lowest BCUT2D eigenvalue weighted by Crippen LogP contribution is -2.39. The molecule has 0 heterocycles. The first-order chi connectivity index (χ1) is 8.60. The molecule has 0 aliphatic carbocycles. The van der Waals surface area contributed by atoms with Gasteiger partial charge in [0.1, 0.15) is 0 Å². The molecule has 2 N–H and O–H groups in total. The molecular formula is C13H18INO3. The smallest absolute Gasteiger partial charge is 0.252 e. The molecule has 4 nitrogen and oxygen atoms in total. The van der Waals surface area contributed by atoms with E-state index in [1.807, 2.05) is 19.1 Å². The van der Waals surface area contributed by atoms with Crippen molar-refractivity contribution in [3.05, 3.63) is 32.9 Å². The zero-order valence-corrected chi connectivity index (χ0v) is 12.7. The molecule has 1 unspecified atom stereocenters. The fourth-order valence-electron chi connectivity index (χ4n) is 1.64. The van der Waals surface area contributed by atoms with Crippen LogP contribution in [0.1, 0.15) is 22.3 Å². The van der Waals surface area contributed by atoms with Crippen LogP contribution in [0.5, 0.6) is 0 Å². The number of methoxy groups -OCH3 is 1. The molecule has 1 aromatic rings. The average molecular weight is 363 g/mol. The average Bonchev–Trinajstić information content (AvgIpc) is 2.33. The number of carbonyl (C=O) groups excluding carboxylic acids is 1. The zero-order valence-electron chi connectivity index (χ0n) is 10.6. The molecule has 1 atom stereocenters. The van der Waals surface area contributed by atoms with E-state index >= 15 is 0 Å². The highest BCUT2D eigenvalue weighted by Crippen LogP contribution is 2.16. The molecule has 0 bridgehead atoms. The number of aryl methyl sites for hydroxylation is 1. The van der Waals surface area contributed by atoms with Crippen LogP contribution < -0.4 is 5.32 Å². The quantitative estimate of drug-likeness (QED) is 0.757. The number of rotatable bonds is 6. The summed E-state index contributed by atoms with van der Waals surface area (Å²) in [6.45, 7) is 2.40. The van der Waals surface area contributed by atoms with Crippen molar-refractivity contribution < 1.29 is 14.6 Å². The van der Waals surface area contributed by atoms with Gasteiger partial charge in [0.15, 0.2) is 0 Å². The molecular weight excluding hydrogens is 345 g/mol. The molecule has 0 spiro atoms. The maximum atomic E-state index is 12.1. The third-order valence-electron chi connectivity index (χ3n) is 2.62. The van der Waals surface area contributed by atoms with Crippen LogP contribution >= 0.6 is 22.6 Å². The molecule has 0 radical (unpaired) electrons. The Kier molecular flexibility index (Phi) is 6.59.